The third-order valence-corrected chi connectivity index (χ3v) is 1.96. The largest absolute Gasteiger partial charge is 0.432 e. The van der Waals surface area contributed by atoms with E-state index in [0.29, 0.717) is 6.42 Å². The lowest BCUT2D eigenvalue weighted by Gasteiger charge is -2.12. The van der Waals surface area contributed by atoms with Crippen molar-refractivity contribution in [2.45, 2.75) is 16.6 Å². The van der Waals surface area contributed by atoms with Crippen molar-refractivity contribution in [1.82, 2.24) is 0 Å². The van der Waals surface area contributed by atoms with Gasteiger partial charge in [0.2, 0.25) is 0 Å². The van der Waals surface area contributed by atoms with Crippen LogP contribution >= 0.6 is 22.6 Å². The van der Waals surface area contributed by atoms with Crippen LogP contribution in [0.2, 0.25) is 0 Å². The molecule has 1 nitrogen and oxygen atoms in total. The van der Waals surface area contributed by atoms with Crippen molar-refractivity contribution in [3.05, 3.63) is 12.2 Å². The van der Waals surface area contributed by atoms with Gasteiger partial charge in [-0.1, -0.05) is 28.7 Å². The molecular formula is C6H5F3IN. The Morgan fingerprint density at radius 3 is 2.55 bits per heavy atom. The van der Waals surface area contributed by atoms with Gasteiger partial charge in [-0.15, -0.1) is 0 Å². The first-order valence-corrected chi connectivity index (χ1v) is 4.20. The third-order valence-electron chi connectivity index (χ3n) is 1.18. The first-order chi connectivity index (χ1) is 5.00. The van der Waals surface area contributed by atoms with Crippen LogP contribution in [0.5, 0.6) is 0 Å². The molecule has 5 heteroatoms. The van der Waals surface area contributed by atoms with Crippen molar-refractivity contribution in [1.29, 1.82) is 0 Å². The van der Waals surface area contributed by atoms with Gasteiger partial charge in [-0.25, -0.2) is 0 Å². The Morgan fingerprint density at radius 1 is 1.55 bits per heavy atom. The zero-order chi connectivity index (χ0) is 8.48. The maximum atomic E-state index is 11.9. The van der Waals surface area contributed by atoms with E-state index >= 15 is 0 Å². The van der Waals surface area contributed by atoms with Gasteiger partial charge >= 0.3 is 6.18 Å². The maximum absolute atomic E-state index is 11.9. The Bertz CT molecular complexity index is 206. The van der Waals surface area contributed by atoms with Crippen molar-refractivity contribution >= 4 is 28.3 Å². The van der Waals surface area contributed by atoms with E-state index < -0.39 is 11.9 Å². The van der Waals surface area contributed by atoms with E-state index in [-0.39, 0.29) is 4.05 Å². The average molecular weight is 275 g/mol. The number of hydrogen-bond acceptors (Lipinski definition) is 1. The zero-order valence-corrected chi connectivity index (χ0v) is 7.56. The second-order valence-corrected chi connectivity index (χ2v) is 3.52. The van der Waals surface area contributed by atoms with E-state index in [1.807, 2.05) is 22.6 Å². The quantitative estimate of drug-likeness (QED) is 0.366. The molecule has 1 atom stereocenters. The lowest BCUT2D eigenvalue weighted by molar-refractivity contribution is -0.0580. The lowest BCUT2D eigenvalue weighted by atomic mass is 10.2. The van der Waals surface area contributed by atoms with E-state index in [9.17, 15) is 13.2 Å². The average Bonchev–Trinajstić information content (AvgIpc) is 1.86. The summed E-state index contributed by atoms with van der Waals surface area (Å²) in [5.74, 6) is 0. The number of dihydropyridines is 1. The van der Waals surface area contributed by atoms with Crippen molar-refractivity contribution in [2.75, 3.05) is 0 Å². The van der Waals surface area contributed by atoms with E-state index in [1.54, 1.807) is 0 Å². The zero-order valence-electron chi connectivity index (χ0n) is 5.40. The van der Waals surface area contributed by atoms with Crippen LogP contribution in [0.1, 0.15) is 6.42 Å². The van der Waals surface area contributed by atoms with Gasteiger partial charge in [0.15, 0.2) is 0 Å². The summed E-state index contributed by atoms with van der Waals surface area (Å²) in [6, 6.07) is 0. The molecule has 0 amide bonds. The van der Waals surface area contributed by atoms with Gasteiger partial charge in [0.05, 0.1) is 0 Å². The Morgan fingerprint density at radius 2 is 2.18 bits per heavy atom. The number of halogens is 4. The number of allylic oxidation sites excluding steroid dienone is 1. The molecule has 11 heavy (non-hydrogen) atoms. The summed E-state index contributed by atoms with van der Waals surface area (Å²) >= 11 is 1.87. The SMILES string of the molecule is FC(F)(F)C1=N[C@H](I)CC=C1. The van der Waals surface area contributed by atoms with Crippen LogP contribution in [0, 0.1) is 0 Å². The molecule has 0 aromatic rings. The highest BCUT2D eigenvalue weighted by molar-refractivity contribution is 14.1. The minimum atomic E-state index is -4.29. The molecular weight excluding hydrogens is 270 g/mol. The Hall–Kier alpha value is -0.0700. The normalized spacial score (nSPS) is 25.1. The molecule has 0 aromatic carbocycles. The summed E-state index contributed by atoms with van der Waals surface area (Å²) in [5.41, 5.74) is -0.775. The first-order valence-electron chi connectivity index (χ1n) is 2.96. The monoisotopic (exact) mass is 275 g/mol. The molecule has 1 aliphatic heterocycles. The number of alkyl halides is 4. The van der Waals surface area contributed by atoms with Crippen LogP contribution in [0.4, 0.5) is 13.2 Å². The van der Waals surface area contributed by atoms with Crippen molar-refractivity contribution in [2.24, 2.45) is 4.99 Å². The van der Waals surface area contributed by atoms with Crippen molar-refractivity contribution < 1.29 is 13.2 Å². The smallest absolute Gasteiger partial charge is 0.266 e. The van der Waals surface area contributed by atoms with Gasteiger partial charge < -0.3 is 0 Å². The number of aliphatic imine (C=N–C) groups is 1. The first kappa shape index (κ1) is 9.02. The topological polar surface area (TPSA) is 12.4 Å². The molecule has 1 aliphatic rings. The van der Waals surface area contributed by atoms with E-state index in [2.05, 4.69) is 4.99 Å². The van der Waals surface area contributed by atoms with Crippen molar-refractivity contribution in [3.8, 4) is 0 Å². The van der Waals surface area contributed by atoms with Gasteiger partial charge in [0, 0.05) is 0 Å². The summed E-state index contributed by atoms with van der Waals surface area (Å²) in [5, 5.41) is 0. The minimum absolute atomic E-state index is 0.269. The van der Waals surface area contributed by atoms with E-state index in [1.165, 1.54) is 6.08 Å². The fourth-order valence-corrected chi connectivity index (χ4v) is 1.30. The molecule has 1 rings (SSSR count). The van der Waals surface area contributed by atoms with Gasteiger partial charge in [0.25, 0.3) is 0 Å². The second kappa shape index (κ2) is 3.12. The van der Waals surface area contributed by atoms with Crippen LogP contribution in [-0.2, 0) is 0 Å². The van der Waals surface area contributed by atoms with Crippen LogP contribution < -0.4 is 0 Å². The number of hydrogen-bond donors (Lipinski definition) is 0. The van der Waals surface area contributed by atoms with Crippen molar-refractivity contribution in [3.63, 3.8) is 0 Å². The minimum Gasteiger partial charge on any atom is -0.266 e. The van der Waals surface area contributed by atoms with Gasteiger partial charge in [-0.2, -0.15) is 13.2 Å². The molecule has 0 saturated heterocycles. The Kier molecular flexibility index (Phi) is 2.56. The third kappa shape index (κ3) is 2.46. The fraction of sp³-hybridized carbons (Fsp3) is 0.500. The Labute approximate surface area is 75.5 Å². The van der Waals surface area contributed by atoms with Crippen LogP contribution in [-0.4, -0.2) is 15.9 Å². The standard InChI is InChI=1S/C6H5F3IN/c7-6(8,9)4-2-1-3-5(10)11-4/h1-2,5H,3H2/t5-/m0/s1. The maximum Gasteiger partial charge on any atom is 0.432 e. The van der Waals surface area contributed by atoms with Gasteiger partial charge in [-0.3, -0.25) is 4.99 Å². The molecule has 1 heterocycles. The Balaban J connectivity index is 2.80. The molecule has 0 spiro atoms. The van der Waals surface area contributed by atoms with Gasteiger partial charge in [-0.05, 0) is 12.5 Å². The highest BCUT2D eigenvalue weighted by Crippen LogP contribution is 2.23. The molecule has 0 bridgehead atoms. The summed E-state index contributed by atoms with van der Waals surface area (Å²) < 4.78 is 35.5. The summed E-state index contributed by atoms with van der Waals surface area (Å²) in [6.07, 6.45) is -1.19. The highest BCUT2D eigenvalue weighted by atomic mass is 127. The molecule has 62 valence electrons. The second-order valence-electron chi connectivity index (χ2n) is 2.08. The molecule has 0 saturated carbocycles. The van der Waals surface area contributed by atoms with E-state index in [0.717, 1.165) is 6.08 Å². The molecule has 0 aliphatic carbocycles. The predicted molar refractivity (Wildman–Crippen MR) is 45.1 cm³/mol. The van der Waals surface area contributed by atoms with Crippen LogP contribution in [0.15, 0.2) is 17.1 Å². The number of nitrogens with zero attached hydrogens (tertiary/aromatic N) is 1. The van der Waals surface area contributed by atoms with Crippen LogP contribution in [0.25, 0.3) is 0 Å². The molecule has 0 N–H and O–H groups in total. The van der Waals surface area contributed by atoms with Crippen LogP contribution in [0.3, 0.4) is 0 Å². The molecule has 0 radical (unpaired) electrons. The molecule has 0 aromatic heterocycles. The lowest BCUT2D eigenvalue weighted by Crippen LogP contribution is -2.23. The summed E-state index contributed by atoms with van der Waals surface area (Å²) in [6.45, 7) is 0. The van der Waals surface area contributed by atoms with E-state index in [4.69, 9.17) is 0 Å². The predicted octanol–water partition coefficient (Wildman–Crippen LogP) is 2.71. The summed E-state index contributed by atoms with van der Waals surface area (Å²) in [7, 11) is 0. The number of rotatable bonds is 0. The fourth-order valence-electron chi connectivity index (χ4n) is 0.706. The molecule has 0 fully saturated rings. The summed E-state index contributed by atoms with van der Waals surface area (Å²) in [4.78, 5) is 3.44. The molecule has 0 unspecified atom stereocenters. The van der Waals surface area contributed by atoms with Gasteiger partial charge in [0.1, 0.15) is 9.76 Å². The highest BCUT2D eigenvalue weighted by Gasteiger charge is 2.34.